The van der Waals surface area contributed by atoms with Crippen LogP contribution in [0.2, 0.25) is 0 Å². The highest BCUT2D eigenvalue weighted by Crippen LogP contribution is 2.39. The molecule has 1 atom stereocenters. The molecule has 1 unspecified atom stereocenters. The van der Waals surface area contributed by atoms with E-state index in [9.17, 15) is 0 Å². The standard InChI is InChI=1S/C13H15ClS2/c1-4-10-5-6-15-13(10)12(14)11-7-8(2)16-9(11)3/h5-7,12H,4H2,1-3H3. The fraction of sp³-hybridized carbons (Fsp3) is 0.385. The Bertz CT molecular complexity index is 482. The molecule has 2 aromatic heterocycles. The summed E-state index contributed by atoms with van der Waals surface area (Å²) in [6, 6.07) is 4.40. The zero-order valence-corrected chi connectivity index (χ0v) is 12.1. The Balaban J connectivity index is 2.38. The van der Waals surface area contributed by atoms with Gasteiger partial charge in [0.25, 0.3) is 0 Å². The third-order valence-corrected chi connectivity index (χ3v) is 5.33. The summed E-state index contributed by atoms with van der Waals surface area (Å²) in [6.45, 7) is 6.47. The molecule has 0 nitrogen and oxygen atoms in total. The Morgan fingerprint density at radius 1 is 1.38 bits per heavy atom. The second-order valence-corrected chi connectivity index (χ2v) is 6.74. The van der Waals surface area contributed by atoms with Gasteiger partial charge in [0.05, 0.1) is 5.38 Å². The molecule has 0 aliphatic carbocycles. The van der Waals surface area contributed by atoms with Gasteiger partial charge < -0.3 is 0 Å². The topological polar surface area (TPSA) is 0 Å². The Hall–Kier alpha value is -0.310. The zero-order valence-electron chi connectivity index (χ0n) is 9.71. The summed E-state index contributed by atoms with van der Waals surface area (Å²) >= 11 is 10.2. The fourth-order valence-electron chi connectivity index (χ4n) is 1.91. The highest BCUT2D eigenvalue weighted by molar-refractivity contribution is 7.12. The van der Waals surface area contributed by atoms with E-state index in [1.165, 1.54) is 25.8 Å². The van der Waals surface area contributed by atoms with E-state index in [2.05, 4.69) is 38.3 Å². The molecule has 0 spiro atoms. The van der Waals surface area contributed by atoms with Gasteiger partial charge in [-0.2, -0.15) is 0 Å². The molecule has 0 N–H and O–H groups in total. The second kappa shape index (κ2) is 4.91. The van der Waals surface area contributed by atoms with Crippen LogP contribution >= 0.6 is 34.3 Å². The van der Waals surface area contributed by atoms with Crippen molar-refractivity contribution in [1.82, 2.24) is 0 Å². The van der Waals surface area contributed by atoms with Gasteiger partial charge in [0.15, 0.2) is 0 Å². The summed E-state index contributed by atoms with van der Waals surface area (Å²) in [6.07, 6.45) is 1.06. The van der Waals surface area contributed by atoms with E-state index in [4.69, 9.17) is 11.6 Å². The quantitative estimate of drug-likeness (QED) is 0.663. The van der Waals surface area contributed by atoms with Gasteiger partial charge in [-0.25, -0.2) is 0 Å². The van der Waals surface area contributed by atoms with Crippen molar-refractivity contribution in [1.29, 1.82) is 0 Å². The van der Waals surface area contributed by atoms with Gasteiger partial charge >= 0.3 is 0 Å². The van der Waals surface area contributed by atoms with Gasteiger partial charge in [0, 0.05) is 14.6 Å². The average Bonchev–Trinajstić information content (AvgIpc) is 2.83. The lowest BCUT2D eigenvalue weighted by Gasteiger charge is -2.09. The van der Waals surface area contributed by atoms with Crippen molar-refractivity contribution in [2.75, 3.05) is 0 Å². The normalized spacial score (nSPS) is 13.0. The zero-order chi connectivity index (χ0) is 11.7. The van der Waals surface area contributed by atoms with Crippen LogP contribution in [-0.2, 0) is 6.42 Å². The lowest BCUT2D eigenvalue weighted by Crippen LogP contribution is -1.93. The number of hydrogen-bond donors (Lipinski definition) is 0. The van der Waals surface area contributed by atoms with E-state index < -0.39 is 0 Å². The van der Waals surface area contributed by atoms with Crippen LogP contribution in [0.15, 0.2) is 17.5 Å². The molecule has 3 heteroatoms. The highest BCUT2D eigenvalue weighted by Gasteiger charge is 2.18. The fourth-order valence-corrected chi connectivity index (χ4v) is 4.44. The summed E-state index contributed by atoms with van der Waals surface area (Å²) in [5.41, 5.74) is 2.66. The van der Waals surface area contributed by atoms with Crippen molar-refractivity contribution >= 4 is 34.3 Å². The summed E-state index contributed by atoms with van der Waals surface area (Å²) < 4.78 is 0. The molecule has 0 amide bonds. The Morgan fingerprint density at radius 3 is 2.69 bits per heavy atom. The maximum Gasteiger partial charge on any atom is 0.0941 e. The van der Waals surface area contributed by atoms with E-state index in [0.717, 1.165) is 6.42 Å². The maximum absolute atomic E-state index is 6.59. The predicted octanol–water partition coefficient (Wildman–Crippen LogP) is 5.32. The van der Waals surface area contributed by atoms with Crippen LogP contribution in [0.25, 0.3) is 0 Å². The molecule has 0 aliphatic heterocycles. The second-order valence-electron chi connectivity index (χ2n) is 3.89. The number of halogens is 1. The Labute approximate surface area is 110 Å². The van der Waals surface area contributed by atoms with E-state index in [1.54, 1.807) is 11.3 Å². The monoisotopic (exact) mass is 270 g/mol. The first-order valence-electron chi connectivity index (χ1n) is 5.40. The van der Waals surface area contributed by atoms with Crippen LogP contribution in [0.5, 0.6) is 0 Å². The first kappa shape index (κ1) is 12.2. The van der Waals surface area contributed by atoms with Crippen LogP contribution in [0.1, 0.15) is 38.1 Å². The summed E-state index contributed by atoms with van der Waals surface area (Å²) in [7, 11) is 0. The number of hydrogen-bond acceptors (Lipinski definition) is 2. The average molecular weight is 271 g/mol. The van der Waals surface area contributed by atoms with Crippen LogP contribution in [0.4, 0.5) is 0 Å². The van der Waals surface area contributed by atoms with Gasteiger partial charge in [-0.1, -0.05) is 6.92 Å². The Kier molecular flexibility index (Phi) is 3.73. The molecule has 16 heavy (non-hydrogen) atoms. The van der Waals surface area contributed by atoms with Gasteiger partial charge in [-0.05, 0) is 48.9 Å². The minimum absolute atomic E-state index is 0.0277. The summed E-state index contributed by atoms with van der Waals surface area (Å²) in [5, 5.41) is 2.16. The number of rotatable bonds is 3. The highest BCUT2D eigenvalue weighted by atomic mass is 35.5. The van der Waals surface area contributed by atoms with E-state index >= 15 is 0 Å². The van der Waals surface area contributed by atoms with Crippen molar-refractivity contribution in [3.63, 3.8) is 0 Å². The minimum Gasteiger partial charge on any atom is -0.147 e. The third kappa shape index (κ3) is 2.20. The van der Waals surface area contributed by atoms with Gasteiger partial charge in [0.2, 0.25) is 0 Å². The summed E-state index contributed by atoms with van der Waals surface area (Å²) in [5.74, 6) is 0. The molecule has 0 saturated carbocycles. The molecule has 0 aromatic carbocycles. The first-order chi connectivity index (χ1) is 7.63. The lowest BCUT2D eigenvalue weighted by atomic mass is 10.1. The molecule has 86 valence electrons. The lowest BCUT2D eigenvalue weighted by molar-refractivity contribution is 1.07. The number of aryl methyl sites for hydroxylation is 3. The number of thiophene rings is 2. The van der Waals surface area contributed by atoms with Crippen molar-refractivity contribution in [2.45, 2.75) is 32.6 Å². The molecular weight excluding hydrogens is 256 g/mol. The Morgan fingerprint density at radius 2 is 2.12 bits per heavy atom. The van der Waals surface area contributed by atoms with Crippen LogP contribution in [0.3, 0.4) is 0 Å². The molecule has 2 heterocycles. The van der Waals surface area contributed by atoms with Crippen molar-refractivity contribution in [3.05, 3.63) is 43.3 Å². The third-order valence-electron chi connectivity index (χ3n) is 2.74. The van der Waals surface area contributed by atoms with Crippen LogP contribution in [0, 0.1) is 13.8 Å². The smallest absolute Gasteiger partial charge is 0.0941 e. The van der Waals surface area contributed by atoms with Gasteiger partial charge in [-0.15, -0.1) is 34.3 Å². The van der Waals surface area contributed by atoms with Gasteiger partial charge in [0.1, 0.15) is 0 Å². The first-order valence-corrected chi connectivity index (χ1v) is 7.54. The summed E-state index contributed by atoms with van der Waals surface area (Å²) in [4.78, 5) is 3.99. The number of alkyl halides is 1. The van der Waals surface area contributed by atoms with E-state index in [0.29, 0.717) is 0 Å². The SMILES string of the molecule is CCc1ccsc1C(Cl)c1cc(C)sc1C. The van der Waals surface area contributed by atoms with Crippen molar-refractivity contribution in [2.24, 2.45) is 0 Å². The predicted molar refractivity (Wildman–Crippen MR) is 75.2 cm³/mol. The largest absolute Gasteiger partial charge is 0.147 e. The van der Waals surface area contributed by atoms with E-state index in [1.807, 2.05) is 11.3 Å². The van der Waals surface area contributed by atoms with Crippen molar-refractivity contribution < 1.29 is 0 Å². The molecule has 0 saturated heterocycles. The molecular formula is C13H15ClS2. The molecule has 2 aromatic rings. The molecule has 0 aliphatic rings. The van der Waals surface area contributed by atoms with E-state index in [-0.39, 0.29) is 5.38 Å². The maximum atomic E-state index is 6.59. The van der Waals surface area contributed by atoms with Crippen LogP contribution < -0.4 is 0 Å². The molecule has 2 rings (SSSR count). The molecule has 0 fully saturated rings. The van der Waals surface area contributed by atoms with Gasteiger partial charge in [-0.3, -0.25) is 0 Å². The van der Waals surface area contributed by atoms with Crippen molar-refractivity contribution in [3.8, 4) is 0 Å². The minimum atomic E-state index is 0.0277. The van der Waals surface area contributed by atoms with Crippen LogP contribution in [-0.4, -0.2) is 0 Å². The molecule has 0 bridgehead atoms. The molecule has 0 radical (unpaired) electrons.